The molecule has 0 aromatic heterocycles. The molecule has 2 aromatic carbocycles. The smallest absolute Gasteiger partial charge is 0.333 e. The summed E-state index contributed by atoms with van der Waals surface area (Å²) in [6, 6.07) is 16.8. The van der Waals surface area contributed by atoms with E-state index in [4.69, 9.17) is 0 Å². The second-order valence-corrected chi connectivity index (χ2v) is 9.29. The van der Waals surface area contributed by atoms with Gasteiger partial charge < -0.3 is 4.90 Å². The van der Waals surface area contributed by atoms with Crippen LogP contribution in [0.4, 0.5) is 13.2 Å². The summed E-state index contributed by atoms with van der Waals surface area (Å²) in [6.45, 7) is 2.11. The quantitative estimate of drug-likeness (QED) is 0.502. The molecule has 5 rings (SSSR count). The van der Waals surface area contributed by atoms with Gasteiger partial charge in [-0.1, -0.05) is 66.2 Å². The summed E-state index contributed by atoms with van der Waals surface area (Å²) in [7, 11) is 0. The minimum Gasteiger partial charge on any atom is -0.333 e. The van der Waals surface area contributed by atoms with Crippen molar-refractivity contribution in [2.24, 2.45) is 16.1 Å². The first kappa shape index (κ1) is 21.9. The normalized spacial score (nSPS) is 26.2. The number of hydrogen-bond donors (Lipinski definition) is 0. The molecule has 3 atom stereocenters. The molecule has 3 aliphatic rings. The van der Waals surface area contributed by atoms with Gasteiger partial charge in [-0.3, -0.25) is 4.79 Å². The molecule has 4 nitrogen and oxygen atoms in total. The number of hydrogen-bond acceptors (Lipinski definition) is 3. The minimum atomic E-state index is -4.51. The molecule has 33 heavy (non-hydrogen) atoms. The topological polar surface area (TPSA) is 45.0 Å². The van der Waals surface area contributed by atoms with Crippen LogP contribution in [-0.2, 0) is 10.5 Å². The first-order valence-electron chi connectivity index (χ1n) is 11.5. The number of rotatable bonds is 4. The molecule has 1 saturated heterocycles. The van der Waals surface area contributed by atoms with E-state index in [9.17, 15) is 18.0 Å². The summed E-state index contributed by atoms with van der Waals surface area (Å²) in [5, 5.41) is 6.54. The van der Waals surface area contributed by atoms with E-state index in [0.717, 1.165) is 36.8 Å². The van der Waals surface area contributed by atoms with Crippen LogP contribution >= 0.6 is 0 Å². The zero-order valence-electron chi connectivity index (χ0n) is 18.4. The van der Waals surface area contributed by atoms with E-state index in [0.29, 0.717) is 12.3 Å². The zero-order chi connectivity index (χ0) is 23.2. The number of likely N-dealkylation sites (tertiary alicyclic amines) is 1. The summed E-state index contributed by atoms with van der Waals surface area (Å²) in [5.74, 6) is 0.635. The first-order valence-corrected chi connectivity index (χ1v) is 11.5. The van der Waals surface area contributed by atoms with Gasteiger partial charge in [-0.2, -0.15) is 13.2 Å². The molecular weight excluding hydrogens is 427 g/mol. The third kappa shape index (κ3) is 3.98. The van der Waals surface area contributed by atoms with Gasteiger partial charge in [0.05, 0.1) is 6.04 Å². The van der Waals surface area contributed by atoms with Gasteiger partial charge >= 0.3 is 11.8 Å². The van der Waals surface area contributed by atoms with Gasteiger partial charge in [-0.15, -0.1) is 10.2 Å². The predicted octanol–water partition coefficient (Wildman–Crippen LogP) is 6.80. The highest BCUT2D eigenvalue weighted by Gasteiger charge is 2.65. The molecule has 2 fully saturated rings. The molecule has 0 unspecified atom stereocenters. The van der Waals surface area contributed by atoms with Crippen molar-refractivity contribution in [2.45, 2.75) is 63.0 Å². The Labute approximate surface area is 191 Å². The fourth-order valence-electron chi connectivity index (χ4n) is 5.44. The Morgan fingerprint density at radius 3 is 2.36 bits per heavy atom. The van der Waals surface area contributed by atoms with Crippen LogP contribution in [-0.4, -0.2) is 23.0 Å². The number of benzene rings is 2. The number of nitrogens with zero attached hydrogens (tertiary/aromatic N) is 3. The molecule has 2 aromatic rings. The number of piperidine rings is 1. The molecular formula is C26H26F3N3O. The van der Waals surface area contributed by atoms with E-state index in [1.165, 1.54) is 17.7 Å². The maximum atomic E-state index is 13.2. The number of alkyl halides is 3. The average molecular weight is 454 g/mol. The largest absolute Gasteiger partial charge is 0.442 e. The Morgan fingerprint density at radius 2 is 1.73 bits per heavy atom. The van der Waals surface area contributed by atoms with Crippen molar-refractivity contribution in [3.05, 3.63) is 76.9 Å². The van der Waals surface area contributed by atoms with Crippen LogP contribution in [0.5, 0.6) is 0 Å². The van der Waals surface area contributed by atoms with Crippen molar-refractivity contribution >= 4 is 12.0 Å². The van der Waals surface area contributed by atoms with Crippen LogP contribution in [0.25, 0.3) is 6.08 Å². The van der Waals surface area contributed by atoms with Gasteiger partial charge in [0.1, 0.15) is 0 Å². The zero-order valence-corrected chi connectivity index (χ0v) is 18.4. The molecule has 0 bridgehead atoms. The fourth-order valence-corrected chi connectivity index (χ4v) is 5.44. The Balaban J connectivity index is 1.30. The third-order valence-corrected chi connectivity index (χ3v) is 7.28. The maximum Gasteiger partial charge on any atom is 0.442 e. The predicted molar refractivity (Wildman–Crippen MR) is 119 cm³/mol. The van der Waals surface area contributed by atoms with Crippen LogP contribution < -0.4 is 0 Å². The lowest BCUT2D eigenvalue weighted by molar-refractivity contribution is -0.166. The molecule has 0 N–H and O–H groups in total. The Bertz CT molecular complexity index is 1090. The highest BCUT2D eigenvalue weighted by atomic mass is 19.4. The number of amides is 1. The highest BCUT2D eigenvalue weighted by Crippen LogP contribution is 2.52. The number of halogens is 3. The molecule has 2 heterocycles. The maximum absolute atomic E-state index is 13.2. The third-order valence-electron chi connectivity index (χ3n) is 7.28. The van der Waals surface area contributed by atoms with Gasteiger partial charge in [0.2, 0.25) is 5.91 Å². The highest BCUT2D eigenvalue weighted by molar-refractivity contribution is 5.78. The molecule has 1 amide bonds. The Morgan fingerprint density at radius 1 is 1.03 bits per heavy atom. The first-order chi connectivity index (χ1) is 15.8. The average Bonchev–Trinajstić information content (AvgIpc) is 3.62. The lowest BCUT2D eigenvalue weighted by atomic mass is 9.74. The minimum absolute atomic E-state index is 0.0452. The SMILES string of the molecule is C[C@H](c1ccccc1)N1C(=O)CC[C@H]2C/C(=C/c3ccc(C4(C(F)(F)F)N=N4)cc3)CC[C@H]21. The van der Waals surface area contributed by atoms with Crippen molar-refractivity contribution in [1.29, 1.82) is 0 Å². The fraction of sp³-hybridized carbons (Fsp3) is 0.423. The number of allylic oxidation sites excluding steroid dienone is 1. The second-order valence-electron chi connectivity index (χ2n) is 9.29. The van der Waals surface area contributed by atoms with Crippen molar-refractivity contribution in [2.75, 3.05) is 0 Å². The molecule has 0 spiro atoms. The van der Waals surface area contributed by atoms with Crippen LogP contribution in [0.15, 0.2) is 70.4 Å². The second kappa shape index (κ2) is 8.12. The van der Waals surface area contributed by atoms with E-state index in [1.54, 1.807) is 12.1 Å². The van der Waals surface area contributed by atoms with Crippen molar-refractivity contribution in [1.82, 2.24) is 4.90 Å². The summed E-state index contributed by atoms with van der Waals surface area (Å²) in [6.07, 6.45) is 1.73. The number of carbonyl (C=O) groups is 1. The lowest BCUT2D eigenvalue weighted by Crippen LogP contribution is -2.51. The van der Waals surface area contributed by atoms with Crippen LogP contribution in [0.3, 0.4) is 0 Å². The summed E-state index contributed by atoms with van der Waals surface area (Å²) in [5.41, 5.74) is 1.00. The van der Waals surface area contributed by atoms with Crippen LogP contribution in [0.1, 0.15) is 61.8 Å². The summed E-state index contributed by atoms with van der Waals surface area (Å²) in [4.78, 5) is 14.9. The summed E-state index contributed by atoms with van der Waals surface area (Å²) < 4.78 is 39.6. The van der Waals surface area contributed by atoms with Crippen LogP contribution in [0.2, 0.25) is 0 Å². The van der Waals surface area contributed by atoms with E-state index in [2.05, 4.69) is 40.3 Å². The van der Waals surface area contributed by atoms with E-state index < -0.39 is 11.8 Å². The van der Waals surface area contributed by atoms with Crippen molar-refractivity contribution in [3.63, 3.8) is 0 Å². The van der Waals surface area contributed by atoms with E-state index in [1.807, 2.05) is 18.2 Å². The monoisotopic (exact) mass is 453 g/mol. The molecule has 1 aliphatic carbocycles. The van der Waals surface area contributed by atoms with Crippen LogP contribution in [0, 0.1) is 5.92 Å². The van der Waals surface area contributed by atoms with Crippen molar-refractivity contribution in [3.8, 4) is 0 Å². The lowest BCUT2D eigenvalue weighted by Gasteiger charge is -2.47. The molecule has 2 aliphatic heterocycles. The Kier molecular flexibility index (Phi) is 5.38. The molecule has 7 heteroatoms. The van der Waals surface area contributed by atoms with Gasteiger partial charge in [-0.25, -0.2) is 0 Å². The summed E-state index contributed by atoms with van der Waals surface area (Å²) >= 11 is 0. The van der Waals surface area contributed by atoms with Gasteiger partial charge in [0.15, 0.2) is 0 Å². The number of fused-ring (bicyclic) bond motifs is 1. The van der Waals surface area contributed by atoms with Crippen molar-refractivity contribution < 1.29 is 18.0 Å². The molecule has 0 radical (unpaired) electrons. The van der Waals surface area contributed by atoms with E-state index in [-0.39, 0.29) is 23.6 Å². The van der Waals surface area contributed by atoms with Gasteiger partial charge in [0, 0.05) is 18.0 Å². The van der Waals surface area contributed by atoms with Gasteiger partial charge in [-0.05, 0) is 49.7 Å². The number of carbonyl (C=O) groups excluding carboxylic acids is 1. The molecule has 1 saturated carbocycles. The van der Waals surface area contributed by atoms with E-state index >= 15 is 0 Å². The standard InChI is InChI=1S/C26H26F3N3O/c1-17(20-5-3-2-4-6-20)32-23-13-9-19(16-21(23)10-14-24(32)33)15-18-7-11-22(12-8-18)25(30-31-25)26(27,28)29/h2-8,11-12,15,17,21,23H,9-10,13-14,16H2,1H3/b19-15+/t17-,21+,23-/m1/s1. The van der Waals surface area contributed by atoms with Gasteiger partial charge in [0.25, 0.3) is 0 Å². The molecule has 172 valence electrons. The Hall–Kier alpha value is -2.96.